The van der Waals surface area contributed by atoms with Gasteiger partial charge >= 0.3 is 5.97 Å². The maximum absolute atomic E-state index is 14.5. The van der Waals surface area contributed by atoms with E-state index in [-0.39, 0.29) is 24.5 Å². The molecule has 6 bridgehead atoms. The van der Waals surface area contributed by atoms with Crippen molar-refractivity contribution in [1.82, 2.24) is 34.5 Å². The Balaban J connectivity index is 1.27. The zero-order valence-electron chi connectivity index (χ0n) is 35.9. The molecule has 60 heavy (non-hydrogen) atoms. The van der Waals surface area contributed by atoms with Gasteiger partial charge in [0.1, 0.15) is 6.04 Å². The number of methoxy groups -OCH3 is 1. The number of aryl methyl sites for hydroxylation is 1. The number of fused-ring (bicyclic) bond motifs is 6. The lowest BCUT2D eigenvalue weighted by atomic mass is 9.84. The van der Waals surface area contributed by atoms with Gasteiger partial charge < -0.3 is 28.7 Å². The molecule has 3 fully saturated rings. The van der Waals surface area contributed by atoms with Crippen molar-refractivity contribution in [3.63, 3.8) is 0 Å². The van der Waals surface area contributed by atoms with E-state index in [2.05, 4.69) is 97.1 Å². The van der Waals surface area contributed by atoms with Gasteiger partial charge in [0.2, 0.25) is 10.0 Å². The van der Waals surface area contributed by atoms with Crippen LogP contribution in [0.4, 0.5) is 5.69 Å². The third kappa shape index (κ3) is 8.39. The summed E-state index contributed by atoms with van der Waals surface area (Å²) in [5.74, 6) is -0.934. The minimum Gasteiger partial charge on any atom is -0.464 e. The van der Waals surface area contributed by atoms with E-state index < -0.39 is 43.8 Å². The third-order valence-electron chi connectivity index (χ3n) is 12.8. The molecule has 1 aromatic carbocycles. The minimum absolute atomic E-state index is 0.123. The quantitative estimate of drug-likeness (QED) is 0.244. The lowest BCUT2D eigenvalue weighted by Gasteiger charge is -2.41. The summed E-state index contributed by atoms with van der Waals surface area (Å²) >= 11 is 1.56. The number of benzene rings is 1. The molecule has 1 aliphatic carbocycles. The van der Waals surface area contributed by atoms with Gasteiger partial charge in [-0.3, -0.25) is 19.6 Å². The maximum Gasteiger partial charge on any atom is 0.324 e. The SMILES string of the molecule is CCn1c(-c2cc(N3CCN(C)CC3)cnc2[C@H](C)OC)c2c3cc(ccc31)C1=CSC(CC([Si])(NS(=O)(=O)C3CC3)C(=O)N3CCC[C@H](N3)C(=O)OCC(C)(C)C2)N1C. The number of sulfonamides is 1. The Morgan fingerprint density at radius 2 is 1.85 bits per heavy atom. The van der Waals surface area contributed by atoms with Gasteiger partial charge in [-0.15, -0.1) is 11.8 Å². The third-order valence-corrected chi connectivity index (χ3v) is 16.7. The number of hydrogen-bond donors (Lipinski definition) is 2. The van der Waals surface area contributed by atoms with Crippen LogP contribution in [0.5, 0.6) is 0 Å². The first-order valence-electron chi connectivity index (χ1n) is 21.3. The monoisotopic (exact) mass is 875 g/mol. The standard InChI is InChI=1S/C43H59N8O6S2Si/c1-8-50-35-14-11-28-20-31(35)33(39(50)32-21-29(24-44-38(32)27(2)56-7)49-18-16-47(5)17-19-49)22-42(3,4)26-57-40(52)34-10-9-15-51(45-34)41(53)43(60,46-59(54,55)30-12-13-30)23-37-48(6)36(28)25-58-37/h11,14,20-21,24-25,27,30,34,37,45-46H,8-10,12-13,15-19,22-23,26H2,1-7H3/t27-,34-,37?,43?/m0/s1. The molecule has 6 heterocycles. The van der Waals surface area contributed by atoms with Crippen LogP contribution < -0.4 is 15.0 Å². The average molecular weight is 876 g/mol. The van der Waals surface area contributed by atoms with Crippen LogP contribution in [0.1, 0.15) is 82.7 Å². The van der Waals surface area contributed by atoms with Crippen molar-refractivity contribution in [2.75, 3.05) is 65.4 Å². The Morgan fingerprint density at radius 3 is 2.55 bits per heavy atom. The number of piperazine rings is 1. The van der Waals surface area contributed by atoms with Gasteiger partial charge in [0, 0.05) is 81.7 Å². The van der Waals surface area contributed by atoms with Crippen molar-refractivity contribution in [2.24, 2.45) is 5.41 Å². The summed E-state index contributed by atoms with van der Waals surface area (Å²) in [6, 6.07) is 8.12. The van der Waals surface area contributed by atoms with Gasteiger partial charge in [-0.25, -0.2) is 18.6 Å². The van der Waals surface area contributed by atoms with E-state index in [9.17, 15) is 18.0 Å². The molecule has 17 heteroatoms. The van der Waals surface area contributed by atoms with E-state index in [1.54, 1.807) is 18.9 Å². The van der Waals surface area contributed by atoms with E-state index in [0.29, 0.717) is 45.2 Å². The molecule has 2 N–H and O–H groups in total. The van der Waals surface area contributed by atoms with E-state index in [4.69, 9.17) is 14.5 Å². The molecule has 14 nitrogen and oxygen atoms in total. The van der Waals surface area contributed by atoms with Gasteiger partial charge in [0.25, 0.3) is 5.91 Å². The van der Waals surface area contributed by atoms with Gasteiger partial charge in [0.05, 0.1) is 67.7 Å². The van der Waals surface area contributed by atoms with Crippen molar-refractivity contribution in [2.45, 2.75) is 101 Å². The second-order valence-corrected chi connectivity index (χ2v) is 21.9. The number of thioether (sulfide) groups is 1. The number of aromatic nitrogens is 2. The predicted molar refractivity (Wildman–Crippen MR) is 238 cm³/mol. The number of likely N-dealkylation sites (N-methyl/N-ethyl adjacent to an activating group) is 1. The van der Waals surface area contributed by atoms with Gasteiger partial charge in [-0.2, -0.15) is 0 Å². The van der Waals surface area contributed by atoms with Crippen LogP contribution in [-0.2, 0) is 42.1 Å². The molecule has 3 aromatic rings. The fourth-order valence-electron chi connectivity index (χ4n) is 9.02. The normalized spacial score (nSPS) is 26.3. The number of cyclic esters (lactones) is 1. The molecule has 323 valence electrons. The van der Waals surface area contributed by atoms with Crippen LogP contribution in [-0.4, -0.2) is 137 Å². The zero-order valence-corrected chi connectivity index (χ0v) is 38.5. The first-order valence-corrected chi connectivity index (χ1v) is 24.2. The summed E-state index contributed by atoms with van der Waals surface area (Å²) in [5.41, 5.74) is 10.9. The Labute approximate surface area is 362 Å². The zero-order chi connectivity index (χ0) is 42.7. The van der Waals surface area contributed by atoms with E-state index in [0.717, 1.165) is 76.5 Å². The van der Waals surface area contributed by atoms with Crippen LogP contribution in [0.3, 0.4) is 0 Å². The Hall–Kier alpha value is -3.45. The van der Waals surface area contributed by atoms with Crippen molar-refractivity contribution in [3.05, 3.63) is 52.7 Å². The number of hydrogen-bond acceptors (Lipinski definition) is 12. The lowest BCUT2D eigenvalue weighted by molar-refractivity contribution is -0.155. The number of rotatable bonds is 8. The summed E-state index contributed by atoms with van der Waals surface area (Å²) in [5, 5.41) is 2.10. The molecule has 0 spiro atoms. The van der Waals surface area contributed by atoms with Crippen molar-refractivity contribution in [3.8, 4) is 11.3 Å². The number of anilines is 1. The van der Waals surface area contributed by atoms with Crippen LogP contribution >= 0.6 is 11.8 Å². The number of carbonyl (C=O) groups excluding carboxylic acids is 2. The number of ether oxygens (including phenoxy) is 2. The summed E-state index contributed by atoms with van der Waals surface area (Å²) in [6.07, 6.45) is 4.58. The number of pyridine rings is 1. The molecule has 4 aliphatic heterocycles. The van der Waals surface area contributed by atoms with Crippen LogP contribution in [0, 0.1) is 5.41 Å². The largest absolute Gasteiger partial charge is 0.464 e. The van der Waals surface area contributed by atoms with E-state index in [1.807, 2.05) is 20.2 Å². The predicted octanol–water partition coefficient (Wildman–Crippen LogP) is 4.44. The molecule has 2 aromatic heterocycles. The minimum atomic E-state index is -3.80. The number of amides is 1. The Morgan fingerprint density at radius 1 is 1.10 bits per heavy atom. The molecule has 5 aliphatic rings. The van der Waals surface area contributed by atoms with Gasteiger partial charge in [-0.1, -0.05) is 19.9 Å². The fourth-order valence-corrected chi connectivity index (χ4v) is 12.7. The summed E-state index contributed by atoms with van der Waals surface area (Å²) in [6.45, 7) is 13.4. The fraction of sp³-hybridized carbons (Fsp3) is 0.605. The molecule has 2 saturated heterocycles. The maximum atomic E-state index is 14.5. The number of hydrazine groups is 1. The van der Waals surface area contributed by atoms with Crippen LogP contribution in [0.2, 0.25) is 0 Å². The topological polar surface area (TPSA) is 142 Å². The highest BCUT2D eigenvalue weighted by molar-refractivity contribution is 8.03. The molecule has 1 amide bonds. The number of nitrogens with one attached hydrogen (secondary N) is 2. The van der Waals surface area contributed by atoms with Crippen LogP contribution in [0.25, 0.3) is 27.9 Å². The number of carbonyl (C=O) groups is 2. The Kier molecular flexibility index (Phi) is 12.0. The molecule has 8 rings (SSSR count). The van der Waals surface area contributed by atoms with Gasteiger partial charge in [-0.05, 0) is 87.7 Å². The van der Waals surface area contributed by atoms with Crippen molar-refractivity contribution < 1.29 is 27.5 Å². The molecule has 1 saturated carbocycles. The van der Waals surface area contributed by atoms with Crippen molar-refractivity contribution >= 4 is 66.2 Å². The average Bonchev–Trinajstić information content (AvgIpc) is 3.99. The molecule has 3 radical (unpaired) electrons. The lowest BCUT2D eigenvalue weighted by Crippen LogP contribution is -2.67. The molecular formula is C43H59N8O6S2Si. The van der Waals surface area contributed by atoms with E-state index >= 15 is 0 Å². The highest BCUT2D eigenvalue weighted by Gasteiger charge is 2.49. The molecular weight excluding hydrogens is 817 g/mol. The van der Waals surface area contributed by atoms with Gasteiger partial charge in [0.15, 0.2) is 0 Å². The highest BCUT2D eigenvalue weighted by Crippen LogP contribution is 2.45. The Bertz CT molecular complexity index is 2290. The second-order valence-electron chi connectivity index (χ2n) is 18.0. The molecule has 2 unspecified atom stereocenters. The first kappa shape index (κ1) is 43.2. The number of nitrogens with zero attached hydrogens (tertiary/aromatic N) is 6. The summed E-state index contributed by atoms with van der Waals surface area (Å²) in [7, 11) is 5.80. The number of esters is 1. The smallest absolute Gasteiger partial charge is 0.324 e. The first-order chi connectivity index (χ1) is 28.5. The second kappa shape index (κ2) is 16.7. The summed E-state index contributed by atoms with van der Waals surface area (Å²) in [4.78, 5) is 40.4. The summed E-state index contributed by atoms with van der Waals surface area (Å²) < 4.78 is 44.3. The van der Waals surface area contributed by atoms with Crippen molar-refractivity contribution in [1.29, 1.82) is 0 Å². The van der Waals surface area contributed by atoms with E-state index in [1.165, 1.54) is 5.01 Å². The molecule has 4 atom stereocenters. The van der Waals surface area contributed by atoms with Crippen LogP contribution in [0.15, 0.2) is 35.9 Å². The highest BCUT2D eigenvalue weighted by atomic mass is 32.2.